The van der Waals surface area contributed by atoms with Crippen LogP contribution in [-0.2, 0) is 6.54 Å². The molecule has 0 saturated carbocycles. The molecule has 3 aromatic rings. The maximum absolute atomic E-state index is 12.2. The minimum absolute atomic E-state index is 0.0553. The minimum atomic E-state index is -0.242. The summed E-state index contributed by atoms with van der Waals surface area (Å²) in [7, 11) is 0. The van der Waals surface area contributed by atoms with E-state index in [4.69, 9.17) is 4.74 Å². The van der Waals surface area contributed by atoms with Gasteiger partial charge in [0.05, 0.1) is 17.4 Å². The monoisotopic (exact) mass is 363 g/mol. The molecule has 2 aromatic heterocycles. The van der Waals surface area contributed by atoms with Crippen molar-refractivity contribution in [2.24, 2.45) is 0 Å². The summed E-state index contributed by atoms with van der Waals surface area (Å²) >= 11 is 0. The second-order valence-corrected chi connectivity index (χ2v) is 6.13. The van der Waals surface area contributed by atoms with Crippen LogP contribution in [0.15, 0.2) is 61.2 Å². The molecule has 7 nitrogen and oxygen atoms in total. The summed E-state index contributed by atoms with van der Waals surface area (Å²) in [6.07, 6.45) is 6.43. The Labute approximate surface area is 157 Å². The molecular weight excluding hydrogens is 342 g/mol. The molecule has 0 bridgehead atoms. The Morgan fingerprint density at radius 1 is 1.07 bits per heavy atom. The molecule has 1 aromatic carbocycles. The van der Waals surface area contributed by atoms with Gasteiger partial charge in [-0.1, -0.05) is 18.2 Å². The smallest absolute Gasteiger partial charge is 0.254 e. The summed E-state index contributed by atoms with van der Waals surface area (Å²) in [6.45, 7) is 4.32. The average Bonchev–Trinajstić information content (AvgIpc) is 2.69. The van der Waals surface area contributed by atoms with Gasteiger partial charge in [0.15, 0.2) is 0 Å². The van der Waals surface area contributed by atoms with E-state index >= 15 is 0 Å². The number of rotatable bonds is 7. The number of pyridine rings is 1. The highest BCUT2D eigenvalue weighted by atomic mass is 16.5. The van der Waals surface area contributed by atoms with E-state index in [1.165, 1.54) is 12.4 Å². The van der Waals surface area contributed by atoms with Crippen molar-refractivity contribution in [1.82, 2.24) is 20.3 Å². The van der Waals surface area contributed by atoms with Crippen LogP contribution in [-0.4, -0.2) is 27.0 Å². The fourth-order valence-electron chi connectivity index (χ4n) is 2.34. The van der Waals surface area contributed by atoms with Gasteiger partial charge in [-0.3, -0.25) is 9.78 Å². The third kappa shape index (κ3) is 5.24. The van der Waals surface area contributed by atoms with Gasteiger partial charge < -0.3 is 15.4 Å². The van der Waals surface area contributed by atoms with Gasteiger partial charge in [0.25, 0.3) is 5.91 Å². The van der Waals surface area contributed by atoms with Crippen molar-refractivity contribution < 1.29 is 9.53 Å². The lowest BCUT2D eigenvalue weighted by atomic mass is 10.2. The Morgan fingerprint density at radius 2 is 1.85 bits per heavy atom. The van der Waals surface area contributed by atoms with E-state index < -0.39 is 0 Å². The normalized spacial score (nSPS) is 10.5. The highest BCUT2D eigenvalue weighted by Gasteiger charge is 2.09. The number of carbonyl (C=O) groups is 1. The van der Waals surface area contributed by atoms with E-state index in [1.807, 2.05) is 50.2 Å². The Balaban J connectivity index is 1.63. The van der Waals surface area contributed by atoms with Crippen LogP contribution in [0.25, 0.3) is 0 Å². The fourth-order valence-corrected chi connectivity index (χ4v) is 2.34. The molecule has 0 spiro atoms. The van der Waals surface area contributed by atoms with Crippen LogP contribution in [0.4, 0.5) is 11.6 Å². The molecule has 1 amide bonds. The lowest BCUT2D eigenvalue weighted by Crippen LogP contribution is -2.23. The lowest BCUT2D eigenvalue weighted by molar-refractivity contribution is 0.0950. The summed E-state index contributed by atoms with van der Waals surface area (Å²) in [5.74, 6) is 0.863. The summed E-state index contributed by atoms with van der Waals surface area (Å²) in [5.41, 5.74) is 2.07. The largest absolute Gasteiger partial charge is 0.489 e. The molecule has 2 N–H and O–H groups in total. The molecule has 0 aliphatic carbocycles. The van der Waals surface area contributed by atoms with Gasteiger partial charge in [0.2, 0.25) is 5.95 Å². The van der Waals surface area contributed by atoms with Gasteiger partial charge in [-0.2, -0.15) is 0 Å². The van der Waals surface area contributed by atoms with Crippen LogP contribution in [0, 0.1) is 0 Å². The highest BCUT2D eigenvalue weighted by Crippen LogP contribution is 2.26. The zero-order valence-electron chi connectivity index (χ0n) is 15.2. The topological polar surface area (TPSA) is 89.0 Å². The number of para-hydroxylation sites is 2. The first-order valence-corrected chi connectivity index (χ1v) is 8.63. The van der Waals surface area contributed by atoms with Gasteiger partial charge in [-0.25, -0.2) is 9.97 Å². The zero-order chi connectivity index (χ0) is 19.1. The van der Waals surface area contributed by atoms with Crippen molar-refractivity contribution in [2.75, 3.05) is 5.32 Å². The maximum atomic E-state index is 12.2. The molecule has 0 saturated heterocycles. The molecule has 138 valence electrons. The van der Waals surface area contributed by atoms with E-state index in [2.05, 4.69) is 25.6 Å². The van der Waals surface area contributed by atoms with Crippen molar-refractivity contribution in [3.8, 4) is 5.75 Å². The Hall–Kier alpha value is -3.48. The van der Waals surface area contributed by atoms with Gasteiger partial charge in [-0.05, 0) is 37.6 Å². The Kier molecular flexibility index (Phi) is 5.94. The number of nitrogens with zero attached hydrogens (tertiary/aromatic N) is 3. The molecule has 0 atom stereocenters. The molecule has 0 fully saturated rings. The number of amides is 1. The molecule has 2 heterocycles. The quantitative estimate of drug-likeness (QED) is 0.669. The van der Waals surface area contributed by atoms with Gasteiger partial charge in [0.1, 0.15) is 5.75 Å². The average molecular weight is 363 g/mol. The summed E-state index contributed by atoms with van der Waals surface area (Å²) in [5, 5.41) is 5.93. The number of anilines is 2. The van der Waals surface area contributed by atoms with Crippen LogP contribution in [0.1, 0.15) is 29.8 Å². The van der Waals surface area contributed by atoms with Crippen molar-refractivity contribution in [3.63, 3.8) is 0 Å². The van der Waals surface area contributed by atoms with E-state index in [1.54, 1.807) is 12.4 Å². The molecule has 0 unspecified atom stereocenters. The first kappa shape index (κ1) is 18.3. The van der Waals surface area contributed by atoms with E-state index in [9.17, 15) is 4.79 Å². The standard InChI is InChI=1S/C20H21N5O2/c1-14(2)27-18-8-4-3-7-17(18)25-20-23-12-16(13-24-20)19(26)22-11-15-6-5-9-21-10-15/h3-10,12-14H,11H2,1-2H3,(H,22,26)(H,23,24,25). The zero-order valence-corrected chi connectivity index (χ0v) is 15.2. The number of hydrogen-bond acceptors (Lipinski definition) is 6. The van der Waals surface area contributed by atoms with Crippen molar-refractivity contribution in [3.05, 3.63) is 72.3 Å². The Bertz CT molecular complexity index is 882. The first-order chi connectivity index (χ1) is 13.1. The molecule has 3 rings (SSSR count). The SMILES string of the molecule is CC(C)Oc1ccccc1Nc1ncc(C(=O)NCc2cccnc2)cn1. The third-order valence-corrected chi connectivity index (χ3v) is 3.59. The highest BCUT2D eigenvalue weighted by molar-refractivity contribution is 5.93. The number of ether oxygens (including phenoxy) is 1. The van der Waals surface area contributed by atoms with Crippen LogP contribution in [0.2, 0.25) is 0 Å². The molecule has 27 heavy (non-hydrogen) atoms. The Morgan fingerprint density at radius 3 is 2.56 bits per heavy atom. The number of nitrogens with one attached hydrogen (secondary N) is 2. The van der Waals surface area contributed by atoms with Crippen molar-refractivity contribution in [1.29, 1.82) is 0 Å². The summed E-state index contributed by atoms with van der Waals surface area (Å²) in [6, 6.07) is 11.3. The molecule has 0 aliphatic rings. The minimum Gasteiger partial charge on any atom is -0.489 e. The van der Waals surface area contributed by atoms with Gasteiger partial charge in [-0.15, -0.1) is 0 Å². The van der Waals surface area contributed by atoms with Crippen molar-refractivity contribution >= 4 is 17.5 Å². The second kappa shape index (κ2) is 8.75. The van der Waals surface area contributed by atoms with Crippen LogP contribution in [0.5, 0.6) is 5.75 Å². The number of aromatic nitrogens is 3. The number of benzene rings is 1. The van der Waals surface area contributed by atoms with Crippen LogP contribution in [0.3, 0.4) is 0 Å². The predicted molar refractivity (Wildman–Crippen MR) is 103 cm³/mol. The lowest BCUT2D eigenvalue weighted by Gasteiger charge is -2.14. The summed E-state index contributed by atoms with van der Waals surface area (Å²) < 4.78 is 5.77. The van der Waals surface area contributed by atoms with Crippen LogP contribution < -0.4 is 15.4 Å². The third-order valence-electron chi connectivity index (χ3n) is 3.59. The fraction of sp³-hybridized carbons (Fsp3) is 0.200. The molecule has 0 radical (unpaired) electrons. The molecule has 7 heteroatoms. The number of hydrogen-bond donors (Lipinski definition) is 2. The van der Waals surface area contributed by atoms with Gasteiger partial charge in [0, 0.05) is 31.3 Å². The maximum Gasteiger partial charge on any atom is 0.254 e. The van der Waals surface area contributed by atoms with Crippen molar-refractivity contribution in [2.45, 2.75) is 26.5 Å². The molecule has 0 aliphatic heterocycles. The second-order valence-electron chi connectivity index (χ2n) is 6.13. The van der Waals surface area contributed by atoms with E-state index in [-0.39, 0.29) is 12.0 Å². The van der Waals surface area contributed by atoms with Crippen LogP contribution >= 0.6 is 0 Å². The number of carbonyl (C=O) groups excluding carboxylic acids is 1. The van der Waals surface area contributed by atoms with E-state index in [0.717, 1.165) is 17.0 Å². The van der Waals surface area contributed by atoms with Gasteiger partial charge >= 0.3 is 0 Å². The molecular formula is C20H21N5O2. The summed E-state index contributed by atoms with van der Waals surface area (Å²) in [4.78, 5) is 24.7. The predicted octanol–water partition coefficient (Wildman–Crippen LogP) is 3.33. The van der Waals surface area contributed by atoms with E-state index in [0.29, 0.717) is 18.1 Å². The first-order valence-electron chi connectivity index (χ1n) is 8.63.